The summed E-state index contributed by atoms with van der Waals surface area (Å²) in [4.78, 5) is 40.2. The number of fused-ring (bicyclic) bond motifs is 1. The van der Waals surface area contributed by atoms with Crippen molar-refractivity contribution in [3.05, 3.63) is 44.5 Å². The van der Waals surface area contributed by atoms with E-state index in [4.69, 9.17) is 0 Å². The largest absolute Gasteiger partial charge is 0.347 e. The molecule has 23 heavy (non-hydrogen) atoms. The van der Waals surface area contributed by atoms with Crippen LogP contribution in [0.3, 0.4) is 0 Å². The fourth-order valence-electron chi connectivity index (χ4n) is 3.13. The molecule has 1 aliphatic carbocycles. The molecule has 1 aromatic heterocycles. The summed E-state index contributed by atoms with van der Waals surface area (Å²) < 4.78 is 0. The first-order valence-electron chi connectivity index (χ1n) is 7.95. The molecule has 122 valence electrons. The number of rotatable bonds is 2. The lowest BCUT2D eigenvalue weighted by molar-refractivity contribution is 0.0870. The minimum atomic E-state index is -0.719. The molecule has 0 saturated heterocycles. The maximum atomic E-state index is 12.5. The summed E-state index contributed by atoms with van der Waals surface area (Å²) in [6.07, 6.45) is 4.17. The van der Waals surface area contributed by atoms with Crippen LogP contribution in [0.1, 0.15) is 49.9 Å². The number of aromatic amines is 2. The first kappa shape index (κ1) is 15.5. The smallest absolute Gasteiger partial charge is 0.314 e. The fourth-order valence-corrected chi connectivity index (χ4v) is 3.13. The van der Waals surface area contributed by atoms with Crippen molar-refractivity contribution < 1.29 is 4.79 Å². The van der Waals surface area contributed by atoms with Crippen molar-refractivity contribution in [1.82, 2.24) is 15.3 Å². The molecule has 0 atom stereocenters. The average molecular weight is 315 g/mol. The Morgan fingerprint density at radius 1 is 1.13 bits per heavy atom. The van der Waals surface area contributed by atoms with Gasteiger partial charge in [0.1, 0.15) is 0 Å². The highest BCUT2D eigenvalue weighted by Gasteiger charge is 2.31. The molecule has 0 unspecified atom stereocenters. The Hall–Kier alpha value is -2.37. The van der Waals surface area contributed by atoms with Gasteiger partial charge in [0.2, 0.25) is 0 Å². The Morgan fingerprint density at radius 3 is 2.39 bits per heavy atom. The molecule has 1 aliphatic rings. The second-order valence-corrected chi connectivity index (χ2v) is 6.87. The molecule has 0 bridgehead atoms. The third-order valence-corrected chi connectivity index (χ3v) is 4.78. The van der Waals surface area contributed by atoms with E-state index in [1.807, 2.05) is 0 Å². The molecule has 2 aromatic rings. The molecule has 1 saturated carbocycles. The SMILES string of the molecule is CC1CCC(C)(NC(=O)c2ccc3[nH]c(=O)c(=O)[nH]c3c2)CC1. The first-order chi connectivity index (χ1) is 10.9. The van der Waals surface area contributed by atoms with Gasteiger partial charge < -0.3 is 15.3 Å². The Labute approximate surface area is 133 Å². The molecule has 6 nitrogen and oxygen atoms in total. The van der Waals surface area contributed by atoms with Gasteiger partial charge in [-0.15, -0.1) is 0 Å². The van der Waals surface area contributed by atoms with E-state index in [1.165, 1.54) is 0 Å². The summed E-state index contributed by atoms with van der Waals surface area (Å²) in [6.45, 7) is 4.32. The summed E-state index contributed by atoms with van der Waals surface area (Å²) >= 11 is 0. The van der Waals surface area contributed by atoms with E-state index in [9.17, 15) is 14.4 Å². The van der Waals surface area contributed by atoms with Crippen LogP contribution < -0.4 is 16.4 Å². The van der Waals surface area contributed by atoms with Crippen LogP contribution in [0.25, 0.3) is 11.0 Å². The van der Waals surface area contributed by atoms with Gasteiger partial charge in [-0.3, -0.25) is 14.4 Å². The van der Waals surface area contributed by atoms with E-state index >= 15 is 0 Å². The standard InChI is InChI=1S/C17H21N3O3/c1-10-5-7-17(2,8-6-10)20-14(21)11-3-4-12-13(9-11)19-16(23)15(22)18-12/h3-4,9-10H,5-8H2,1-2H3,(H,18,22)(H,19,23)(H,20,21). The van der Waals surface area contributed by atoms with Crippen LogP contribution >= 0.6 is 0 Å². The zero-order chi connectivity index (χ0) is 16.6. The third-order valence-electron chi connectivity index (χ3n) is 4.78. The van der Waals surface area contributed by atoms with Crippen molar-refractivity contribution in [3.8, 4) is 0 Å². The Morgan fingerprint density at radius 2 is 1.74 bits per heavy atom. The molecular weight excluding hydrogens is 294 g/mol. The topological polar surface area (TPSA) is 94.8 Å². The van der Waals surface area contributed by atoms with E-state index in [-0.39, 0.29) is 11.4 Å². The van der Waals surface area contributed by atoms with Crippen molar-refractivity contribution in [2.45, 2.75) is 45.1 Å². The molecule has 0 aliphatic heterocycles. The lowest BCUT2D eigenvalue weighted by atomic mass is 9.78. The van der Waals surface area contributed by atoms with E-state index in [0.29, 0.717) is 22.5 Å². The zero-order valence-corrected chi connectivity index (χ0v) is 13.4. The molecule has 0 spiro atoms. The molecule has 1 fully saturated rings. The maximum Gasteiger partial charge on any atom is 0.314 e. The maximum absolute atomic E-state index is 12.5. The molecule has 0 radical (unpaired) electrons. The summed E-state index contributed by atoms with van der Waals surface area (Å²) in [6, 6.07) is 4.88. The van der Waals surface area contributed by atoms with Gasteiger partial charge in [0.05, 0.1) is 11.0 Å². The summed E-state index contributed by atoms with van der Waals surface area (Å²) in [5.74, 6) is 0.554. The summed E-state index contributed by atoms with van der Waals surface area (Å²) in [5, 5.41) is 3.12. The number of H-pyrrole nitrogens is 2. The highest BCUT2D eigenvalue weighted by Crippen LogP contribution is 2.31. The molecule has 3 rings (SSSR count). The average Bonchev–Trinajstić information content (AvgIpc) is 2.51. The lowest BCUT2D eigenvalue weighted by Crippen LogP contribution is -2.48. The quantitative estimate of drug-likeness (QED) is 0.739. The number of nitrogens with one attached hydrogen (secondary N) is 3. The van der Waals surface area contributed by atoms with Crippen molar-refractivity contribution in [2.24, 2.45) is 5.92 Å². The normalized spacial score (nSPS) is 24.5. The van der Waals surface area contributed by atoms with Gasteiger partial charge >= 0.3 is 11.1 Å². The van der Waals surface area contributed by atoms with Crippen LogP contribution in [-0.4, -0.2) is 21.4 Å². The predicted molar refractivity (Wildman–Crippen MR) is 88.7 cm³/mol. The third kappa shape index (κ3) is 3.21. The van der Waals surface area contributed by atoms with Crippen molar-refractivity contribution in [3.63, 3.8) is 0 Å². The van der Waals surface area contributed by atoms with Gasteiger partial charge in [0.15, 0.2) is 0 Å². The van der Waals surface area contributed by atoms with Gasteiger partial charge in [0.25, 0.3) is 5.91 Å². The number of aromatic nitrogens is 2. The Kier molecular flexibility index (Phi) is 3.83. The number of hydrogen-bond donors (Lipinski definition) is 3. The van der Waals surface area contributed by atoms with Gasteiger partial charge in [-0.2, -0.15) is 0 Å². The molecule has 1 amide bonds. The van der Waals surface area contributed by atoms with E-state index in [2.05, 4.69) is 29.1 Å². The second kappa shape index (κ2) is 5.68. The molecule has 6 heteroatoms. The van der Waals surface area contributed by atoms with Gasteiger partial charge in [0, 0.05) is 11.1 Å². The van der Waals surface area contributed by atoms with Crippen LogP contribution in [-0.2, 0) is 0 Å². The Balaban J connectivity index is 1.85. The monoisotopic (exact) mass is 315 g/mol. The van der Waals surface area contributed by atoms with Crippen molar-refractivity contribution >= 4 is 16.9 Å². The van der Waals surface area contributed by atoms with E-state index in [0.717, 1.165) is 25.7 Å². The number of benzene rings is 1. The summed E-state index contributed by atoms with van der Waals surface area (Å²) in [7, 11) is 0. The van der Waals surface area contributed by atoms with E-state index in [1.54, 1.807) is 18.2 Å². The highest BCUT2D eigenvalue weighted by molar-refractivity contribution is 5.97. The van der Waals surface area contributed by atoms with Crippen molar-refractivity contribution in [1.29, 1.82) is 0 Å². The zero-order valence-electron chi connectivity index (χ0n) is 13.4. The van der Waals surface area contributed by atoms with Gasteiger partial charge in [-0.05, 0) is 56.7 Å². The first-order valence-corrected chi connectivity index (χ1v) is 7.95. The van der Waals surface area contributed by atoms with Crippen LogP contribution in [0.15, 0.2) is 27.8 Å². The van der Waals surface area contributed by atoms with Gasteiger partial charge in [-0.1, -0.05) is 6.92 Å². The number of carbonyl (C=O) groups excluding carboxylic acids is 1. The predicted octanol–water partition coefficient (Wildman–Crippen LogP) is 1.91. The molecule has 1 aromatic carbocycles. The van der Waals surface area contributed by atoms with Crippen LogP contribution in [0.4, 0.5) is 0 Å². The minimum Gasteiger partial charge on any atom is -0.347 e. The molecule has 3 N–H and O–H groups in total. The van der Waals surface area contributed by atoms with Gasteiger partial charge in [-0.25, -0.2) is 0 Å². The minimum absolute atomic E-state index is 0.156. The highest BCUT2D eigenvalue weighted by atomic mass is 16.2. The fraction of sp³-hybridized carbons (Fsp3) is 0.471. The number of carbonyl (C=O) groups is 1. The summed E-state index contributed by atoms with van der Waals surface area (Å²) in [5.41, 5.74) is -0.174. The van der Waals surface area contributed by atoms with Crippen molar-refractivity contribution in [2.75, 3.05) is 0 Å². The van der Waals surface area contributed by atoms with Crippen LogP contribution in [0, 0.1) is 5.92 Å². The molecular formula is C17H21N3O3. The molecule has 1 heterocycles. The van der Waals surface area contributed by atoms with Crippen LogP contribution in [0.5, 0.6) is 0 Å². The number of hydrogen-bond acceptors (Lipinski definition) is 3. The second-order valence-electron chi connectivity index (χ2n) is 6.87. The Bertz CT molecular complexity index is 857. The van der Waals surface area contributed by atoms with E-state index < -0.39 is 11.1 Å². The lowest BCUT2D eigenvalue weighted by Gasteiger charge is -2.37. The van der Waals surface area contributed by atoms with Crippen LogP contribution in [0.2, 0.25) is 0 Å². The number of amides is 1.